The van der Waals surface area contributed by atoms with Crippen LogP contribution >= 0.6 is 0 Å². The molecule has 0 amide bonds. The number of aliphatic carboxylic acids is 1. The number of carboxylic acids is 1. The highest BCUT2D eigenvalue weighted by Crippen LogP contribution is 2.37. The zero-order valence-corrected chi connectivity index (χ0v) is 11.6. The van der Waals surface area contributed by atoms with Crippen LogP contribution in [0.15, 0.2) is 24.3 Å². The van der Waals surface area contributed by atoms with Gasteiger partial charge in [-0.05, 0) is 49.4 Å². The minimum atomic E-state index is -0.640. The van der Waals surface area contributed by atoms with Gasteiger partial charge in [0.1, 0.15) is 0 Å². The Labute approximate surface area is 115 Å². The lowest BCUT2D eigenvalue weighted by Gasteiger charge is -2.05. The molecule has 0 spiro atoms. The van der Waals surface area contributed by atoms with Crippen molar-refractivity contribution in [2.75, 3.05) is 13.1 Å². The van der Waals surface area contributed by atoms with Crippen molar-refractivity contribution in [3.8, 4) is 0 Å². The van der Waals surface area contributed by atoms with Gasteiger partial charge in [0.25, 0.3) is 0 Å². The number of hydrogen-bond donors (Lipinski definition) is 2. The van der Waals surface area contributed by atoms with Crippen molar-refractivity contribution in [3.05, 3.63) is 35.4 Å². The fourth-order valence-corrected chi connectivity index (χ4v) is 2.46. The van der Waals surface area contributed by atoms with Crippen LogP contribution in [0.5, 0.6) is 0 Å². The molecule has 1 aromatic carbocycles. The van der Waals surface area contributed by atoms with E-state index in [2.05, 4.69) is 36.5 Å². The molecular weight excluding hydrogens is 238 g/mol. The van der Waals surface area contributed by atoms with Gasteiger partial charge in [-0.3, -0.25) is 4.79 Å². The van der Waals surface area contributed by atoms with Gasteiger partial charge in [0, 0.05) is 0 Å². The number of hydrogen-bond acceptors (Lipinski definition) is 2. The molecule has 0 radical (unpaired) electrons. The van der Waals surface area contributed by atoms with Gasteiger partial charge in [-0.2, -0.15) is 0 Å². The Kier molecular flexibility index (Phi) is 4.97. The molecular formula is C16H23NO2. The lowest BCUT2D eigenvalue weighted by Crippen LogP contribution is -2.21. The predicted octanol–water partition coefficient (Wildman–Crippen LogP) is 2.49. The normalized spacial score (nSPS) is 21.3. The maximum Gasteiger partial charge on any atom is 0.306 e. The Morgan fingerprint density at radius 3 is 2.42 bits per heavy atom. The van der Waals surface area contributed by atoms with Gasteiger partial charge in [0.15, 0.2) is 0 Å². The SMILES string of the molecule is CCCc1ccc(CCNCC2CC2C(=O)O)cc1. The van der Waals surface area contributed by atoms with Crippen molar-refractivity contribution in [1.82, 2.24) is 5.32 Å². The largest absolute Gasteiger partial charge is 0.481 e. The Balaban J connectivity index is 1.62. The van der Waals surface area contributed by atoms with Crippen molar-refractivity contribution < 1.29 is 9.90 Å². The Hall–Kier alpha value is -1.35. The molecule has 0 aliphatic heterocycles. The average molecular weight is 261 g/mol. The van der Waals surface area contributed by atoms with Gasteiger partial charge < -0.3 is 10.4 Å². The van der Waals surface area contributed by atoms with Crippen molar-refractivity contribution in [3.63, 3.8) is 0 Å². The Morgan fingerprint density at radius 1 is 1.26 bits per heavy atom. The highest BCUT2D eigenvalue weighted by atomic mass is 16.4. The van der Waals surface area contributed by atoms with Crippen molar-refractivity contribution in [2.45, 2.75) is 32.6 Å². The molecule has 0 bridgehead atoms. The first-order valence-corrected chi connectivity index (χ1v) is 7.22. The maximum atomic E-state index is 10.7. The topological polar surface area (TPSA) is 49.3 Å². The molecule has 1 aromatic rings. The number of carbonyl (C=O) groups is 1. The fraction of sp³-hybridized carbons (Fsp3) is 0.562. The van der Waals surface area contributed by atoms with E-state index < -0.39 is 5.97 Å². The quantitative estimate of drug-likeness (QED) is 0.707. The monoisotopic (exact) mass is 261 g/mol. The summed E-state index contributed by atoms with van der Waals surface area (Å²) in [5.41, 5.74) is 2.75. The van der Waals surface area contributed by atoms with E-state index in [-0.39, 0.29) is 5.92 Å². The van der Waals surface area contributed by atoms with Crippen LogP contribution in [0.2, 0.25) is 0 Å². The summed E-state index contributed by atoms with van der Waals surface area (Å²) in [6.07, 6.45) is 4.19. The summed E-state index contributed by atoms with van der Waals surface area (Å²) in [6, 6.07) is 8.81. The Bertz CT molecular complexity index is 413. The number of nitrogens with one attached hydrogen (secondary N) is 1. The van der Waals surface area contributed by atoms with Crippen molar-refractivity contribution in [2.24, 2.45) is 11.8 Å². The third-order valence-corrected chi connectivity index (χ3v) is 3.80. The summed E-state index contributed by atoms with van der Waals surface area (Å²) in [4.78, 5) is 10.7. The van der Waals surface area contributed by atoms with Crippen LogP contribution in [-0.4, -0.2) is 24.2 Å². The third kappa shape index (κ3) is 4.35. The molecule has 3 heteroatoms. The molecule has 1 saturated carbocycles. The van der Waals surface area contributed by atoms with Crippen LogP contribution < -0.4 is 5.32 Å². The van der Waals surface area contributed by atoms with Crippen LogP contribution in [-0.2, 0) is 17.6 Å². The molecule has 0 heterocycles. The van der Waals surface area contributed by atoms with E-state index >= 15 is 0 Å². The number of rotatable bonds is 8. The van der Waals surface area contributed by atoms with Gasteiger partial charge in [-0.1, -0.05) is 37.6 Å². The summed E-state index contributed by atoms with van der Waals surface area (Å²) < 4.78 is 0. The summed E-state index contributed by atoms with van der Waals surface area (Å²) in [5, 5.41) is 12.2. The van der Waals surface area contributed by atoms with Crippen LogP contribution in [0.25, 0.3) is 0 Å². The Morgan fingerprint density at radius 2 is 1.89 bits per heavy atom. The van der Waals surface area contributed by atoms with Crippen molar-refractivity contribution in [1.29, 1.82) is 0 Å². The van der Waals surface area contributed by atoms with Gasteiger partial charge in [-0.25, -0.2) is 0 Å². The van der Waals surface area contributed by atoms with E-state index in [9.17, 15) is 4.79 Å². The van der Waals surface area contributed by atoms with Crippen molar-refractivity contribution >= 4 is 5.97 Å². The lowest BCUT2D eigenvalue weighted by molar-refractivity contribution is -0.138. The average Bonchev–Trinajstić information content (AvgIpc) is 3.17. The fourth-order valence-electron chi connectivity index (χ4n) is 2.46. The molecule has 0 saturated heterocycles. The predicted molar refractivity (Wildman–Crippen MR) is 76.2 cm³/mol. The summed E-state index contributed by atoms with van der Waals surface area (Å²) >= 11 is 0. The molecule has 1 fully saturated rings. The summed E-state index contributed by atoms with van der Waals surface area (Å²) in [5.74, 6) is -0.386. The molecule has 2 unspecified atom stereocenters. The molecule has 1 aliphatic carbocycles. The minimum Gasteiger partial charge on any atom is -0.481 e. The van der Waals surface area contributed by atoms with E-state index in [1.54, 1.807) is 0 Å². The maximum absolute atomic E-state index is 10.7. The van der Waals surface area contributed by atoms with Gasteiger partial charge in [0.2, 0.25) is 0 Å². The summed E-state index contributed by atoms with van der Waals surface area (Å²) in [6.45, 7) is 3.96. The molecule has 2 rings (SSSR count). The number of benzene rings is 1. The van der Waals surface area contributed by atoms with Crippen LogP contribution in [0, 0.1) is 11.8 Å². The second-order valence-electron chi connectivity index (χ2n) is 5.46. The van der Waals surface area contributed by atoms with E-state index in [4.69, 9.17) is 5.11 Å². The summed E-state index contributed by atoms with van der Waals surface area (Å²) in [7, 11) is 0. The third-order valence-electron chi connectivity index (χ3n) is 3.80. The van der Waals surface area contributed by atoms with Crippen LogP contribution in [0.4, 0.5) is 0 Å². The lowest BCUT2D eigenvalue weighted by atomic mass is 10.1. The van der Waals surface area contributed by atoms with Gasteiger partial charge in [0.05, 0.1) is 5.92 Å². The highest BCUT2D eigenvalue weighted by molar-refractivity contribution is 5.73. The zero-order chi connectivity index (χ0) is 13.7. The second-order valence-corrected chi connectivity index (χ2v) is 5.46. The standard InChI is InChI=1S/C16H23NO2/c1-2-3-12-4-6-13(7-5-12)8-9-17-11-14-10-15(14)16(18)19/h4-7,14-15,17H,2-3,8-11H2,1H3,(H,18,19). The molecule has 0 aromatic heterocycles. The molecule has 2 atom stereocenters. The molecule has 104 valence electrons. The molecule has 3 nitrogen and oxygen atoms in total. The number of carboxylic acid groups (broad SMARTS) is 1. The highest BCUT2D eigenvalue weighted by Gasteiger charge is 2.42. The van der Waals surface area contributed by atoms with E-state index in [0.29, 0.717) is 5.92 Å². The van der Waals surface area contributed by atoms with Gasteiger partial charge >= 0.3 is 5.97 Å². The molecule has 2 N–H and O–H groups in total. The van der Waals surface area contributed by atoms with Crippen LogP contribution in [0.3, 0.4) is 0 Å². The van der Waals surface area contributed by atoms with Gasteiger partial charge in [-0.15, -0.1) is 0 Å². The zero-order valence-electron chi connectivity index (χ0n) is 11.6. The van der Waals surface area contributed by atoms with Crippen LogP contribution in [0.1, 0.15) is 30.9 Å². The van der Waals surface area contributed by atoms with E-state index in [0.717, 1.165) is 32.4 Å². The van der Waals surface area contributed by atoms with E-state index in [1.807, 2.05) is 0 Å². The smallest absolute Gasteiger partial charge is 0.306 e. The number of aryl methyl sites for hydroxylation is 1. The van der Waals surface area contributed by atoms with E-state index in [1.165, 1.54) is 17.5 Å². The molecule has 19 heavy (non-hydrogen) atoms. The first kappa shape index (κ1) is 14.1. The second kappa shape index (κ2) is 6.71. The first-order chi connectivity index (χ1) is 9.20. The first-order valence-electron chi connectivity index (χ1n) is 7.22. The minimum absolute atomic E-state index is 0.0965. The molecule has 1 aliphatic rings.